The quantitative estimate of drug-likeness (QED) is 0.796. The Balaban J connectivity index is 2.04. The highest BCUT2D eigenvalue weighted by atomic mass is 15.2. The predicted octanol–water partition coefficient (Wildman–Crippen LogP) is 3.06. The molecule has 3 heteroatoms. The molecule has 108 valence electrons. The van der Waals surface area contributed by atoms with E-state index >= 15 is 0 Å². The normalized spacial score (nSPS) is 21.0. The zero-order chi connectivity index (χ0) is 14.4. The van der Waals surface area contributed by atoms with Gasteiger partial charge in [-0.2, -0.15) is 5.26 Å². The third kappa shape index (κ3) is 3.59. The summed E-state index contributed by atoms with van der Waals surface area (Å²) >= 11 is 0. The zero-order valence-electron chi connectivity index (χ0n) is 12.6. The van der Waals surface area contributed by atoms with E-state index in [1.54, 1.807) is 0 Å². The van der Waals surface area contributed by atoms with Gasteiger partial charge < -0.3 is 0 Å². The molecule has 1 fully saturated rings. The largest absolute Gasteiger partial charge is 0.299 e. The maximum Gasteiger partial charge on any atom is 0.0641 e. The first-order valence-corrected chi connectivity index (χ1v) is 7.62. The summed E-state index contributed by atoms with van der Waals surface area (Å²) in [5, 5.41) is 9.12. The smallest absolute Gasteiger partial charge is 0.0641 e. The van der Waals surface area contributed by atoms with Crippen LogP contribution in [0.2, 0.25) is 0 Å². The van der Waals surface area contributed by atoms with Crippen molar-refractivity contribution < 1.29 is 0 Å². The molecule has 1 aliphatic rings. The van der Waals surface area contributed by atoms with E-state index in [1.165, 1.54) is 24.9 Å². The topological polar surface area (TPSA) is 30.3 Å². The molecule has 0 aliphatic carbocycles. The van der Waals surface area contributed by atoms with Crippen LogP contribution in [0.15, 0.2) is 30.3 Å². The molecule has 0 saturated carbocycles. The van der Waals surface area contributed by atoms with Crippen LogP contribution in [-0.2, 0) is 0 Å². The second-order valence-corrected chi connectivity index (χ2v) is 5.65. The minimum absolute atomic E-state index is 0.209. The van der Waals surface area contributed by atoms with E-state index in [9.17, 15) is 0 Å². The van der Waals surface area contributed by atoms with Gasteiger partial charge in [-0.1, -0.05) is 37.3 Å². The van der Waals surface area contributed by atoms with Crippen molar-refractivity contribution in [3.63, 3.8) is 0 Å². The highest BCUT2D eigenvalue weighted by molar-refractivity contribution is 5.20. The molecule has 1 heterocycles. The molecule has 1 saturated heterocycles. The molecule has 0 spiro atoms. The van der Waals surface area contributed by atoms with Gasteiger partial charge in [0.05, 0.1) is 12.5 Å². The van der Waals surface area contributed by atoms with Gasteiger partial charge >= 0.3 is 0 Å². The Morgan fingerprint density at radius 2 is 2.15 bits per heavy atom. The molecule has 0 radical (unpaired) electrons. The van der Waals surface area contributed by atoms with Crippen LogP contribution in [0.1, 0.15) is 37.8 Å². The number of hydrogen-bond acceptors (Lipinski definition) is 3. The Morgan fingerprint density at radius 1 is 1.40 bits per heavy atom. The number of nitrogens with zero attached hydrogens (tertiary/aromatic N) is 3. The SMILES string of the molecule is CCN1CCCC1CN(C)C(CC#N)c1ccccc1. The Morgan fingerprint density at radius 3 is 2.80 bits per heavy atom. The van der Waals surface area contributed by atoms with Crippen molar-refractivity contribution in [3.05, 3.63) is 35.9 Å². The molecule has 2 unspecified atom stereocenters. The lowest BCUT2D eigenvalue weighted by Crippen LogP contribution is -2.40. The number of rotatable bonds is 6. The van der Waals surface area contributed by atoms with E-state index in [1.807, 2.05) is 6.07 Å². The fourth-order valence-corrected chi connectivity index (χ4v) is 3.27. The van der Waals surface area contributed by atoms with Crippen molar-refractivity contribution >= 4 is 0 Å². The molecule has 1 aliphatic heterocycles. The van der Waals surface area contributed by atoms with Crippen LogP contribution in [0.3, 0.4) is 0 Å². The molecule has 0 N–H and O–H groups in total. The second kappa shape index (κ2) is 7.42. The molecule has 3 nitrogen and oxygen atoms in total. The first-order chi connectivity index (χ1) is 9.76. The van der Waals surface area contributed by atoms with Gasteiger partial charge in [0.2, 0.25) is 0 Å². The van der Waals surface area contributed by atoms with Crippen molar-refractivity contribution in [2.45, 2.75) is 38.3 Å². The first-order valence-electron chi connectivity index (χ1n) is 7.62. The zero-order valence-corrected chi connectivity index (χ0v) is 12.6. The lowest BCUT2D eigenvalue weighted by Gasteiger charge is -2.32. The molecule has 2 atom stereocenters. The van der Waals surface area contributed by atoms with Crippen LogP contribution in [-0.4, -0.2) is 42.5 Å². The summed E-state index contributed by atoms with van der Waals surface area (Å²) < 4.78 is 0. The van der Waals surface area contributed by atoms with Crippen LogP contribution in [0.4, 0.5) is 0 Å². The summed E-state index contributed by atoms with van der Waals surface area (Å²) in [4.78, 5) is 4.92. The van der Waals surface area contributed by atoms with Gasteiger partial charge in [-0.3, -0.25) is 9.80 Å². The maximum atomic E-state index is 9.12. The van der Waals surface area contributed by atoms with Crippen molar-refractivity contribution in [1.82, 2.24) is 9.80 Å². The minimum atomic E-state index is 0.209. The number of nitriles is 1. The lowest BCUT2D eigenvalue weighted by atomic mass is 10.0. The minimum Gasteiger partial charge on any atom is -0.299 e. The highest BCUT2D eigenvalue weighted by Gasteiger charge is 2.26. The third-order valence-electron chi connectivity index (χ3n) is 4.41. The van der Waals surface area contributed by atoms with Crippen molar-refractivity contribution in [2.75, 3.05) is 26.7 Å². The number of likely N-dealkylation sites (tertiary alicyclic amines) is 1. The predicted molar refractivity (Wildman–Crippen MR) is 82.3 cm³/mol. The highest BCUT2D eigenvalue weighted by Crippen LogP contribution is 2.25. The standard InChI is InChI=1S/C17H25N3/c1-3-20-13-7-10-16(20)14-19(2)17(11-12-18)15-8-5-4-6-9-15/h4-6,8-9,16-17H,3,7,10-11,13-14H2,1-2H3. The Hall–Kier alpha value is -1.37. The van der Waals surface area contributed by atoms with Gasteiger partial charge in [0, 0.05) is 18.6 Å². The summed E-state index contributed by atoms with van der Waals surface area (Å²) in [7, 11) is 2.15. The van der Waals surface area contributed by atoms with E-state index in [4.69, 9.17) is 5.26 Å². The van der Waals surface area contributed by atoms with Gasteiger partial charge in [0.25, 0.3) is 0 Å². The molecule has 1 aromatic rings. The fraction of sp³-hybridized carbons (Fsp3) is 0.588. The van der Waals surface area contributed by atoms with Crippen LogP contribution >= 0.6 is 0 Å². The average molecular weight is 271 g/mol. The molecule has 2 rings (SSSR count). The molecule has 1 aromatic carbocycles. The first kappa shape index (κ1) is 15.0. The van der Waals surface area contributed by atoms with E-state index in [0.717, 1.165) is 13.1 Å². The Kier molecular flexibility index (Phi) is 5.58. The summed E-state index contributed by atoms with van der Waals surface area (Å²) in [6.45, 7) is 5.65. The fourth-order valence-electron chi connectivity index (χ4n) is 3.27. The van der Waals surface area contributed by atoms with Gasteiger partial charge in [0.1, 0.15) is 0 Å². The van der Waals surface area contributed by atoms with Gasteiger partial charge in [0.15, 0.2) is 0 Å². The maximum absolute atomic E-state index is 9.12. The number of hydrogen-bond donors (Lipinski definition) is 0. The van der Waals surface area contributed by atoms with Gasteiger partial charge in [-0.05, 0) is 38.5 Å². The van der Waals surface area contributed by atoms with Gasteiger partial charge in [-0.25, -0.2) is 0 Å². The third-order valence-corrected chi connectivity index (χ3v) is 4.41. The molecule has 20 heavy (non-hydrogen) atoms. The van der Waals surface area contributed by atoms with Crippen LogP contribution < -0.4 is 0 Å². The Labute approximate surface area is 122 Å². The average Bonchev–Trinajstić information content (AvgIpc) is 2.92. The van der Waals surface area contributed by atoms with Crippen LogP contribution in [0.5, 0.6) is 0 Å². The van der Waals surface area contributed by atoms with E-state index in [2.05, 4.69) is 54.1 Å². The summed E-state index contributed by atoms with van der Waals surface area (Å²) in [6.07, 6.45) is 3.15. The van der Waals surface area contributed by atoms with E-state index in [-0.39, 0.29) is 6.04 Å². The monoisotopic (exact) mass is 271 g/mol. The summed E-state index contributed by atoms with van der Waals surface area (Å²) in [5.41, 5.74) is 1.25. The van der Waals surface area contributed by atoms with Crippen molar-refractivity contribution in [2.24, 2.45) is 0 Å². The molecule has 0 bridgehead atoms. The number of benzene rings is 1. The van der Waals surface area contributed by atoms with Crippen molar-refractivity contribution in [1.29, 1.82) is 5.26 Å². The molecule has 0 amide bonds. The van der Waals surface area contributed by atoms with Crippen LogP contribution in [0.25, 0.3) is 0 Å². The van der Waals surface area contributed by atoms with Crippen LogP contribution in [0, 0.1) is 11.3 Å². The van der Waals surface area contributed by atoms with Crippen molar-refractivity contribution in [3.8, 4) is 6.07 Å². The summed E-state index contributed by atoms with van der Waals surface area (Å²) in [5.74, 6) is 0. The molecular formula is C17H25N3. The summed E-state index contributed by atoms with van der Waals surface area (Å²) in [6, 6.07) is 13.6. The van der Waals surface area contributed by atoms with E-state index < -0.39 is 0 Å². The van der Waals surface area contributed by atoms with Gasteiger partial charge in [-0.15, -0.1) is 0 Å². The molecular weight excluding hydrogens is 246 g/mol. The number of likely N-dealkylation sites (N-methyl/N-ethyl adjacent to an activating group) is 2. The Bertz CT molecular complexity index is 437. The molecule has 0 aromatic heterocycles. The second-order valence-electron chi connectivity index (χ2n) is 5.65. The van der Waals surface area contributed by atoms with E-state index in [0.29, 0.717) is 12.5 Å². The lowest BCUT2D eigenvalue weighted by molar-refractivity contribution is 0.164.